The van der Waals surface area contributed by atoms with Crippen LogP contribution >= 0.6 is 0 Å². The molecule has 5 rings (SSSR count). The highest BCUT2D eigenvalue weighted by atomic mass is 16.4. The highest BCUT2D eigenvalue weighted by Gasteiger charge is 2.27. The summed E-state index contributed by atoms with van der Waals surface area (Å²) in [5.74, 6) is -0.433. The van der Waals surface area contributed by atoms with Crippen molar-refractivity contribution in [3.63, 3.8) is 0 Å². The Balaban J connectivity index is 1.42. The van der Waals surface area contributed by atoms with Gasteiger partial charge in [-0.05, 0) is 77.2 Å². The standard InChI is InChI=1S/C34H32N2O4/c1-34(2,3)26-15-9-23(10-16-26)31(36(4)28-19-13-24(14-20-28)33(38)39)32(37)35-27-17-11-22(12-18-27)30-21-25-7-5-6-8-29(25)40-30/h5-21,31H,1-4H3,(H,35,37)(H,38,39). The van der Waals surface area contributed by atoms with Gasteiger partial charge < -0.3 is 19.7 Å². The van der Waals surface area contributed by atoms with Crippen LogP contribution in [0.1, 0.15) is 48.3 Å². The molecule has 1 aromatic heterocycles. The van der Waals surface area contributed by atoms with Crippen molar-refractivity contribution in [3.8, 4) is 11.3 Å². The van der Waals surface area contributed by atoms with Gasteiger partial charge in [-0.2, -0.15) is 0 Å². The average Bonchev–Trinajstić information content (AvgIpc) is 3.38. The Labute approximate surface area is 233 Å². The van der Waals surface area contributed by atoms with E-state index in [4.69, 9.17) is 4.42 Å². The van der Waals surface area contributed by atoms with Crippen molar-refractivity contribution in [2.24, 2.45) is 0 Å². The van der Waals surface area contributed by atoms with E-state index in [2.05, 4.69) is 38.2 Å². The van der Waals surface area contributed by atoms with Gasteiger partial charge in [-0.25, -0.2) is 4.79 Å². The number of likely N-dealkylation sites (N-methyl/N-ethyl adjacent to an activating group) is 1. The zero-order valence-corrected chi connectivity index (χ0v) is 23.0. The van der Waals surface area contributed by atoms with E-state index in [-0.39, 0.29) is 16.9 Å². The number of carboxylic acids is 1. The zero-order valence-electron chi connectivity index (χ0n) is 23.0. The van der Waals surface area contributed by atoms with Crippen LogP contribution in [0.4, 0.5) is 11.4 Å². The third kappa shape index (κ3) is 5.61. The minimum atomic E-state index is -0.993. The Morgan fingerprint density at radius 3 is 2.10 bits per heavy atom. The molecule has 5 aromatic rings. The number of benzene rings is 4. The van der Waals surface area contributed by atoms with Gasteiger partial charge in [0.1, 0.15) is 17.4 Å². The number of rotatable bonds is 7. The Morgan fingerprint density at radius 1 is 0.850 bits per heavy atom. The first-order valence-electron chi connectivity index (χ1n) is 13.2. The number of furan rings is 1. The molecule has 1 heterocycles. The van der Waals surface area contributed by atoms with Crippen LogP contribution in [0.25, 0.3) is 22.3 Å². The Bertz CT molecular complexity index is 1610. The molecule has 40 heavy (non-hydrogen) atoms. The van der Waals surface area contributed by atoms with Crippen LogP contribution in [0.5, 0.6) is 0 Å². The molecular formula is C34H32N2O4. The number of nitrogens with one attached hydrogen (secondary N) is 1. The summed E-state index contributed by atoms with van der Waals surface area (Å²) in [6.07, 6.45) is 0. The average molecular weight is 533 g/mol. The summed E-state index contributed by atoms with van der Waals surface area (Å²) in [5.41, 5.74) is 5.31. The molecule has 0 bridgehead atoms. The van der Waals surface area contributed by atoms with Gasteiger partial charge in [0.15, 0.2) is 0 Å². The number of hydrogen-bond acceptors (Lipinski definition) is 4. The molecule has 6 nitrogen and oxygen atoms in total. The van der Waals surface area contributed by atoms with E-state index in [1.54, 1.807) is 24.3 Å². The number of aromatic carboxylic acids is 1. The van der Waals surface area contributed by atoms with Crippen LogP contribution in [-0.4, -0.2) is 24.0 Å². The molecule has 0 spiro atoms. The van der Waals surface area contributed by atoms with Gasteiger partial charge in [-0.15, -0.1) is 0 Å². The van der Waals surface area contributed by atoms with E-state index in [9.17, 15) is 14.7 Å². The molecule has 0 saturated heterocycles. The molecule has 0 aliphatic rings. The molecule has 2 N–H and O–H groups in total. The molecule has 0 aliphatic carbocycles. The van der Waals surface area contributed by atoms with Crippen molar-refractivity contribution in [3.05, 3.63) is 120 Å². The monoisotopic (exact) mass is 532 g/mol. The van der Waals surface area contributed by atoms with Gasteiger partial charge >= 0.3 is 5.97 Å². The molecule has 0 aliphatic heterocycles. The number of anilines is 2. The van der Waals surface area contributed by atoms with Crippen LogP contribution in [0, 0.1) is 0 Å². The summed E-state index contributed by atoms with van der Waals surface area (Å²) in [6, 6.07) is 31.4. The van der Waals surface area contributed by atoms with Gasteiger partial charge in [0, 0.05) is 29.4 Å². The molecule has 6 heteroatoms. The molecule has 1 unspecified atom stereocenters. The van der Waals surface area contributed by atoms with Crippen LogP contribution < -0.4 is 10.2 Å². The second-order valence-electron chi connectivity index (χ2n) is 11.0. The van der Waals surface area contributed by atoms with E-state index in [0.717, 1.165) is 33.5 Å². The van der Waals surface area contributed by atoms with Crippen LogP contribution in [0.2, 0.25) is 0 Å². The van der Waals surface area contributed by atoms with Gasteiger partial charge in [-0.1, -0.05) is 63.2 Å². The maximum atomic E-state index is 13.8. The molecule has 202 valence electrons. The van der Waals surface area contributed by atoms with Crippen LogP contribution in [0.15, 0.2) is 108 Å². The fraction of sp³-hybridized carbons (Fsp3) is 0.176. The third-order valence-corrected chi connectivity index (χ3v) is 7.11. The number of hydrogen-bond donors (Lipinski definition) is 2. The molecule has 1 atom stereocenters. The Morgan fingerprint density at radius 2 is 1.50 bits per heavy atom. The van der Waals surface area contributed by atoms with Crippen molar-refractivity contribution < 1.29 is 19.1 Å². The maximum Gasteiger partial charge on any atom is 0.335 e. The molecule has 0 fully saturated rings. The summed E-state index contributed by atoms with van der Waals surface area (Å²) in [4.78, 5) is 27.0. The van der Waals surface area contributed by atoms with Crippen molar-refractivity contribution >= 4 is 34.2 Å². The van der Waals surface area contributed by atoms with Gasteiger partial charge in [0.05, 0.1) is 5.56 Å². The van der Waals surface area contributed by atoms with E-state index in [1.807, 2.05) is 78.7 Å². The van der Waals surface area contributed by atoms with E-state index in [1.165, 1.54) is 5.56 Å². The molecule has 4 aromatic carbocycles. The lowest BCUT2D eigenvalue weighted by atomic mass is 9.86. The minimum Gasteiger partial charge on any atom is -0.478 e. The predicted molar refractivity (Wildman–Crippen MR) is 160 cm³/mol. The van der Waals surface area contributed by atoms with E-state index < -0.39 is 12.0 Å². The predicted octanol–water partition coefficient (Wildman–Crippen LogP) is 7.91. The second kappa shape index (κ2) is 10.7. The summed E-state index contributed by atoms with van der Waals surface area (Å²) in [5, 5.41) is 13.4. The lowest BCUT2D eigenvalue weighted by Crippen LogP contribution is -2.35. The Hall–Kier alpha value is -4.84. The zero-order chi connectivity index (χ0) is 28.4. The number of carboxylic acid groups (broad SMARTS) is 1. The van der Waals surface area contributed by atoms with E-state index >= 15 is 0 Å². The largest absolute Gasteiger partial charge is 0.478 e. The highest BCUT2D eigenvalue weighted by Crippen LogP contribution is 2.32. The maximum absolute atomic E-state index is 13.8. The van der Waals surface area contributed by atoms with Crippen molar-refractivity contribution in [2.75, 3.05) is 17.3 Å². The lowest BCUT2D eigenvalue weighted by Gasteiger charge is -2.30. The smallest absolute Gasteiger partial charge is 0.335 e. The fourth-order valence-electron chi connectivity index (χ4n) is 4.76. The van der Waals surface area contributed by atoms with Gasteiger partial charge in [-0.3, -0.25) is 4.79 Å². The van der Waals surface area contributed by atoms with Crippen molar-refractivity contribution in [1.82, 2.24) is 0 Å². The minimum absolute atomic E-state index is 0.0174. The molecule has 1 amide bonds. The number of fused-ring (bicyclic) bond motifs is 1. The van der Waals surface area contributed by atoms with Crippen molar-refractivity contribution in [1.29, 1.82) is 0 Å². The highest BCUT2D eigenvalue weighted by molar-refractivity contribution is 5.98. The molecule has 0 saturated carbocycles. The number of nitrogens with zero attached hydrogens (tertiary/aromatic N) is 1. The number of carbonyl (C=O) groups excluding carboxylic acids is 1. The van der Waals surface area contributed by atoms with Crippen molar-refractivity contribution in [2.45, 2.75) is 32.2 Å². The van der Waals surface area contributed by atoms with E-state index in [0.29, 0.717) is 5.69 Å². The lowest BCUT2D eigenvalue weighted by molar-refractivity contribution is -0.117. The summed E-state index contributed by atoms with van der Waals surface area (Å²) < 4.78 is 5.98. The molecule has 0 radical (unpaired) electrons. The SMILES string of the molecule is CN(c1ccc(C(=O)O)cc1)C(C(=O)Nc1ccc(-c2cc3ccccc3o2)cc1)c1ccc(C(C)(C)C)cc1. The van der Waals surface area contributed by atoms with Gasteiger partial charge in [0.25, 0.3) is 5.91 Å². The second-order valence-corrected chi connectivity index (χ2v) is 11.0. The normalized spacial score (nSPS) is 12.2. The number of para-hydroxylation sites is 1. The first-order chi connectivity index (χ1) is 19.1. The van der Waals surface area contributed by atoms with Crippen LogP contribution in [-0.2, 0) is 10.2 Å². The molecular weight excluding hydrogens is 500 g/mol. The first kappa shape index (κ1) is 26.8. The third-order valence-electron chi connectivity index (χ3n) is 7.11. The first-order valence-corrected chi connectivity index (χ1v) is 13.2. The quantitative estimate of drug-likeness (QED) is 0.223. The topological polar surface area (TPSA) is 82.8 Å². The summed E-state index contributed by atoms with van der Waals surface area (Å²) in [7, 11) is 1.84. The Kier molecular flexibility index (Phi) is 7.18. The van der Waals surface area contributed by atoms with Gasteiger partial charge in [0.2, 0.25) is 0 Å². The summed E-state index contributed by atoms with van der Waals surface area (Å²) in [6.45, 7) is 6.45. The van der Waals surface area contributed by atoms with Crippen LogP contribution in [0.3, 0.4) is 0 Å². The number of amides is 1. The fourth-order valence-corrected chi connectivity index (χ4v) is 4.76. The summed E-state index contributed by atoms with van der Waals surface area (Å²) >= 11 is 0. The number of carbonyl (C=O) groups is 2.